The Morgan fingerprint density at radius 1 is 1.18 bits per heavy atom. The molecule has 150 valence electrons. The number of carbonyl (C=O) groups is 1. The molecule has 0 radical (unpaired) electrons. The zero-order valence-electron chi connectivity index (χ0n) is 16.6. The number of nitrogens with zero attached hydrogens (tertiary/aromatic N) is 4. The summed E-state index contributed by atoms with van der Waals surface area (Å²) in [6.45, 7) is 4.72. The number of piperazine rings is 1. The molecule has 1 aromatic carbocycles. The molecule has 1 amide bonds. The zero-order chi connectivity index (χ0) is 19.5. The van der Waals surface area contributed by atoms with Gasteiger partial charge < -0.3 is 19.0 Å². The van der Waals surface area contributed by atoms with E-state index in [1.807, 2.05) is 17.0 Å². The molecule has 2 fully saturated rings. The first kappa shape index (κ1) is 19.0. The fourth-order valence-corrected chi connectivity index (χ4v) is 3.55. The maximum Gasteiger partial charge on any atom is 0.275 e. The van der Waals surface area contributed by atoms with Crippen LogP contribution in [0.2, 0.25) is 0 Å². The Morgan fingerprint density at radius 2 is 1.89 bits per heavy atom. The average molecular weight is 384 g/mol. The molecule has 2 heterocycles. The van der Waals surface area contributed by atoms with Crippen molar-refractivity contribution in [3.63, 3.8) is 0 Å². The summed E-state index contributed by atoms with van der Waals surface area (Å²) in [6, 6.07) is 8.71. The normalized spacial score (nSPS) is 17.9. The molecule has 1 saturated heterocycles. The smallest absolute Gasteiger partial charge is 0.275 e. The van der Waals surface area contributed by atoms with E-state index in [4.69, 9.17) is 9.15 Å². The molecule has 0 N–H and O–H groups in total. The summed E-state index contributed by atoms with van der Waals surface area (Å²) in [4.78, 5) is 23.6. The lowest BCUT2D eigenvalue weighted by atomic mass is 10.2. The first-order valence-electron chi connectivity index (χ1n) is 9.91. The summed E-state index contributed by atoms with van der Waals surface area (Å²) in [6.07, 6.45) is 3.91. The van der Waals surface area contributed by atoms with Crippen LogP contribution >= 0.6 is 0 Å². The van der Waals surface area contributed by atoms with E-state index in [1.165, 1.54) is 24.7 Å². The number of methoxy groups -OCH3 is 1. The summed E-state index contributed by atoms with van der Waals surface area (Å²) in [5.74, 6) is 1.44. The van der Waals surface area contributed by atoms with Crippen molar-refractivity contribution in [1.29, 1.82) is 0 Å². The third-order valence-electron chi connectivity index (χ3n) is 5.51. The second-order valence-electron chi connectivity index (χ2n) is 7.71. The number of amides is 1. The van der Waals surface area contributed by atoms with Crippen LogP contribution in [0, 0.1) is 0 Å². The van der Waals surface area contributed by atoms with Gasteiger partial charge in [0.2, 0.25) is 5.89 Å². The third-order valence-corrected chi connectivity index (χ3v) is 5.51. The molecule has 1 aliphatic carbocycles. The van der Waals surface area contributed by atoms with Crippen molar-refractivity contribution in [2.75, 3.05) is 40.3 Å². The van der Waals surface area contributed by atoms with Gasteiger partial charge in [0.1, 0.15) is 12.0 Å². The molecule has 0 bridgehead atoms. The largest absolute Gasteiger partial charge is 0.497 e. The molecule has 1 saturated carbocycles. The number of ether oxygens (including phenoxy) is 1. The lowest BCUT2D eigenvalue weighted by Gasteiger charge is -2.31. The third kappa shape index (κ3) is 4.54. The molecule has 1 aromatic heterocycles. The fraction of sp³-hybridized carbons (Fsp3) is 0.524. The van der Waals surface area contributed by atoms with E-state index >= 15 is 0 Å². The van der Waals surface area contributed by atoms with Crippen LogP contribution in [0.1, 0.15) is 34.8 Å². The molecule has 2 aliphatic rings. The summed E-state index contributed by atoms with van der Waals surface area (Å²) in [5.41, 5.74) is 1.65. The highest BCUT2D eigenvalue weighted by atomic mass is 16.5. The van der Waals surface area contributed by atoms with Gasteiger partial charge in [0.25, 0.3) is 5.91 Å². The summed E-state index contributed by atoms with van der Waals surface area (Å²) in [5, 5.41) is 0. The highest BCUT2D eigenvalue weighted by Gasteiger charge is 2.30. The second-order valence-corrected chi connectivity index (χ2v) is 7.71. The maximum atomic E-state index is 12.7. The van der Waals surface area contributed by atoms with E-state index in [0.29, 0.717) is 24.2 Å². The topological polar surface area (TPSA) is 62.1 Å². The standard InChI is InChI=1S/C21H28N4O3/c1-23-9-11-24(12-10-23)21(26)19-15-28-20(22-19)14-25(17-5-6-17)13-16-3-7-18(27-2)8-4-16/h3-4,7-8,15,17H,5-6,9-14H2,1-2H3. The van der Waals surface area contributed by atoms with Crippen LogP contribution in [0.3, 0.4) is 0 Å². The minimum Gasteiger partial charge on any atom is -0.497 e. The van der Waals surface area contributed by atoms with Crippen LogP contribution in [0.15, 0.2) is 34.9 Å². The molecule has 7 heteroatoms. The van der Waals surface area contributed by atoms with Crippen molar-refractivity contribution < 1.29 is 13.9 Å². The minimum absolute atomic E-state index is 0.0313. The molecular weight excluding hydrogens is 356 g/mol. The molecular formula is C21H28N4O3. The Bertz CT molecular complexity index is 792. The second kappa shape index (κ2) is 8.32. The number of carbonyl (C=O) groups excluding carboxylic acids is 1. The Morgan fingerprint density at radius 3 is 2.54 bits per heavy atom. The number of rotatable bonds is 7. The maximum absolute atomic E-state index is 12.7. The molecule has 7 nitrogen and oxygen atoms in total. The van der Waals surface area contributed by atoms with Crippen LogP contribution in [0.25, 0.3) is 0 Å². The van der Waals surface area contributed by atoms with Gasteiger partial charge in [-0.1, -0.05) is 12.1 Å². The van der Waals surface area contributed by atoms with Crippen LogP contribution in [0.4, 0.5) is 0 Å². The van der Waals surface area contributed by atoms with Crippen molar-refractivity contribution in [2.45, 2.75) is 32.0 Å². The quantitative estimate of drug-likeness (QED) is 0.730. The Hall–Kier alpha value is -2.38. The van der Waals surface area contributed by atoms with Gasteiger partial charge in [0, 0.05) is 38.8 Å². The van der Waals surface area contributed by atoms with Crippen LogP contribution in [-0.4, -0.2) is 72.0 Å². The predicted octanol–water partition coefficient (Wildman–Crippen LogP) is 2.24. The van der Waals surface area contributed by atoms with Crippen molar-refractivity contribution in [1.82, 2.24) is 19.7 Å². The number of benzene rings is 1. The van der Waals surface area contributed by atoms with Crippen LogP contribution in [0.5, 0.6) is 5.75 Å². The number of oxazole rings is 1. The zero-order valence-corrected chi connectivity index (χ0v) is 16.6. The Balaban J connectivity index is 1.38. The van der Waals surface area contributed by atoms with Crippen molar-refractivity contribution in [2.24, 2.45) is 0 Å². The molecule has 1 aliphatic heterocycles. The predicted molar refractivity (Wildman–Crippen MR) is 105 cm³/mol. The summed E-state index contributed by atoms with van der Waals surface area (Å²) < 4.78 is 10.9. The molecule has 4 rings (SSSR count). The molecule has 2 aromatic rings. The van der Waals surface area contributed by atoms with Gasteiger partial charge >= 0.3 is 0 Å². The fourth-order valence-electron chi connectivity index (χ4n) is 3.55. The molecule has 0 atom stereocenters. The summed E-state index contributed by atoms with van der Waals surface area (Å²) >= 11 is 0. The van der Waals surface area contributed by atoms with E-state index in [0.717, 1.165) is 38.5 Å². The van der Waals surface area contributed by atoms with Gasteiger partial charge in [0.15, 0.2) is 5.69 Å². The highest BCUT2D eigenvalue weighted by Crippen LogP contribution is 2.30. The SMILES string of the molecule is COc1ccc(CN(Cc2nc(C(=O)N3CCN(C)CC3)co2)C2CC2)cc1. The summed E-state index contributed by atoms with van der Waals surface area (Å²) in [7, 11) is 3.75. The van der Waals surface area contributed by atoms with Gasteiger partial charge in [0.05, 0.1) is 13.7 Å². The monoisotopic (exact) mass is 384 g/mol. The number of hydrogen-bond acceptors (Lipinski definition) is 6. The van der Waals surface area contributed by atoms with Crippen LogP contribution in [-0.2, 0) is 13.1 Å². The number of hydrogen-bond donors (Lipinski definition) is 0. The van der Waals surface area contributed by atoms with Crippen molar-refractivity contribution in [3.05, 3.63) is 47.7 Å². The van der Waals surface area contributed by atoms with Gasteiger partial charge in [-0.05, 0) is 37.6 Å². The molecule has 28 heavy (non-hydrogen) atoms. The Kier molecular flexibility index (Phi) is 5.64. The van der Waals surface area contributed by atoms with Gasteiger partial charge in [-0.2, -0.15) is 0 Å². The van der Waals surface area contributed by atoms with Gasteiger partial charge in [-0.15, -0.1) is 0 Å². The number of aromatic nitrogens is 1. The first-order valence-corrected chi connectivity index (χ1v) is 9.91. The minimum atomic E-state index is -0.0313. The molecule has 0 unspecified atom stereocenters. The van der Waals surface area contributed by atoms with E-state index in [9.17, 15) is 4.79 Å². The lowest BCUT2D eigenvalue weighted by molar-refractivity contribution is 0.0658. The van der Waals surface area contributed by atoms with Crippen molar-refractivity contribution >= 4 is 5.91 Å². The lowest BCUT2D eigenvalue weighted by Crippen LogP contribution is -2.47. The van der Waals surface area contributed by atoms with Crippen LogP contribution < -0.4 is 4.74 Å². The van der Waals surface area contributed by atoms with Gasteiger partial charge in [-0.3, -0.25) is 9.69 Å². The number of likely N-dealkylation sites (N-methyl/N-ethyl adjacent to an activating group) is 1. The Labute approximate surface area is 165 Å². The van der Waals surface area contributed by atoms with E-state index in [2.05, 4.69) is 34.0 Å². The highest BCUT2D eigenvalue weighted by molar-refractivity contribution is 5.92. The van der Waals surface area contributed by atoms with E-state index < -0.39 is 0 Å². The van der Waals surface area contributed by atoms with Crippen molar-refractivity contribution in [3.8, 4) is 5.75 Å². The van der Waals surface area contributed by atoms with Gasteiger partial charge in [-0.25, -0.2) is 4.98 Å². The average Bonchev–Trinajstić information content (AvgIpc) is 3.47. The molecule has 0 spiro atoms. The van der Waals surface area contributed by atoms with E-state index in [-0.39, 0.29) is 5.91 Å². The first-order chi connectivity index (χ1) is 13.6. The van der Waals surface area contributed by atoms with E-state index in [1.54, 1.807) is 7.11 Å².